The van der Waals surface area contributed by atoms with Crippen molar-refractivity contribution >= 4 is 0 Å². The lowest BCUT2D eigenvalue weighted by Crippen LogP contribution is -2.47. The smallest absolute Gasteiger partial charge is 0.00980 e. The molecule has 0 aromatic rings. The zero-order valence-corrected chi connectivity index (χ0v) is 10.5. The molecule has 3 unspecified atom stereocenters. The van der Waals surface area contributed by atoms with E-state index in [0.29, 0.717) is 0 Å². The quantitative estimate of drug-likeness (QED) is 0.749. The van der Waals surface area contributed by atoms with Gasteiger partial charge in [0.2, 0.25) is 0 Å². The summed E-state index contributed by atoms with van der Waals surface area (Å²) in [5.41, 5.74) is 0. The van der Waals surface area contributed by atoms with Crippen LogP contribution in [0.2, 0.25) is 0 Å². The van der Waals surface area contributed by atoms with Crippen LogP contribution < -0.4 is 5.32 Å². The molecule has 15 heavy (non-hydrogen) atoms. The van der Waals surface area contributed by atoms with Crippen molar-refractivity contribution in [3.8, 4) is 0 Å². The summed E-state index contributed by atoms with van der Waals surface area (Å²) in [5.74, 6) is 3.11. The molecule has 0 spiro atoms. The molecule has 4 atom stereocenters. The Labute approximate surface area is 95.0 Å². The Bertz CT molecular complexity index is 190. The van der Waals surface area contributed by atoms with Crippen molar-refractivity contribution in [2.24, 2.45) is 17.8 Å². The highest BCUT2D eigenvalue weighted by atomic mass is 14.9. The maximum Gasteiger partial charge on any atom is 0.00980 e. The Morgan fingerprint density at radius 1 is 0.933 bits per heavy atom. The number of nitrogens with one attached hydrogen (secondary N) is 1. The van der Waals surface area contributed by atoms with Crippen molar-refractivity contribution in [3.63, 3.8) is 0 Å². The fourth-order valence-corrected chi connectivity index (χ4v) is 4.12. The van der Waals surface area contributed by atoms with Crippen molar-refractivity contribution in [2.45, 2.75) is 64.8 Å². The van der Waals surface area contributed by atoms with E-state index < -0.39 is 0 Å². The Morgan fingerprint density at radius 2 is 1.67 bits per heavy atom. The predicted molar refractivity (Wildman–Crippen MR) is 65.9 cm³/mol. The van der Waals surface area contributed by atoms with Gasteiger partial charge >= 0.3 is 0 Å². The SMILES string of the molecule is CCN[C@H]1CCC(CC)C2CCCCC21. The van der Waals surface area contributed by atoms with Crippen LogP contribution in [0, 0.1) is 17.8 Å². The second kappa shape index (κ2) is 5.34. The fraction of sp³-hybridized carbons (Fsp3) is 1.00. The summed E-state index contributed by atoms with van der Waals surface area (Å²) >= 11 is 0. The van der Waals surface area contributed by atoms with Crippen molar-refractivity contribution in [3.05, 3.63) is 0 Å². The predicted octanol–water partition coefficient (Wildman–Crippen LogP) is 3.59. The zero-order valence-electron chi connectivity index (χ0n) is 10.5. The number of fused-ring (bicyclic) bond motifs is 1. The average molecular weight is 209 g/mol. The molecule has 0 aromatic carbocycles. The summed E-state index contributed by atoms with van der Waals surface area (Å²) in [4.78, 5) is 0. The van der Waals surface area contributed by atoms with E-state index in [-0.39, 0.29) is 0 Å². The summed E-state index contributed by atoms with van der Waals surface area (Å²) in [7, 11) is 0. The molecule has 2 aliphatic carbocycles. The van der Waals surface area contributed by atoms with Crippen LogP contribution in [-0.2, 0) is 0 Å². The van der Waals surface area contributed by atoms with E-state index in [4.69, 9.17) is 0 Å². The van der Waals surface area contributed by atoms with E-state index in [1.54, 1.807) is 0 Å². The van der Waals surface area contributed by atoms with Gasteiger partial charge in [0.05, 0.1) is 0 Å². The van der Waals surface area contributed by atoms with Crippen molar-refractivity contribution < 1.29 is 0 Å². The normalized spacial score (nSPS) is 41.2. The molecule has 0 saturated heterocycles. The molecule has 0 aromatic heterocycles. The minimum Gasteiger partial charge on any atom is -0.314 e. The van der Waals surface area contributed by atoms with Crippen LogP contribution in [0.5, 0.6) is 0 Å². The molecule has 1 N–H and O–H groups in total. The molecule has 0 aliphatic heterocycles. The van der Waals surface area contributed by atoms with Gasteiger partial charge in [0, 0.05) is 6.04 Å². The van der Waals surface area contributed by atoms with Gasteiger partial charge in [-0.1, -0.05) is 33.1 Å². The standard InChI is InChI=1S/C14H27N/c1-3-11-9-10-14(15-4-2)13-8-6-5-7-12(11)13/h11-15H,3-10H2,1-2H3/t11?,12?,13?,14-/m0/s1. The molecule has 2 rings (SSSR count). The van der Waals surface area contributed by atoms with Crippen LogP contribution in [-0.4, -0.2) is 12.6 Å². The molecule has 0 radical (unpaired) electrons. The van der Waals surface area contributed by atoms with Gasteiger partial charge in [0.15, 0.2) is 0 Å². The van der Waals surface area contributed by atoms with Crippen LogP contribution in [0.3, 0.4) is 0 Å². The highest BCUT2D eigenvalue weighted by Gasteiger charge is 2.39. The third-order valence-electron chi connectivity index (χ3n) is 4.84. The summed E-state index contributed by atoms with van der Waals surface area (Å²) in [6.07, 6.45) is 10.3. The lowest BCUT2D eigenvalue weighted by Gasteiger charge is -2.46. The first-order valence-electron chi connectivity index (χ1n) is 7.10. The highest BCUT2D eigenvalue weighted by molar-refractivity contribution is 4.92. The van der Waals surface area contributed by atoms with Crippen LogP contribution in [0.15, 0.2) is 0 Å². The lowest BCUT2D eigenvalue weighted by atomic mass is 9.63. The van der Waals surface area contributed by atoms with Gasteiger partial charge in [-0.3, -0.25) is 0 Å². The number of rotatable bonds is 3. The number of hydrogen-bond donors (Lipinski definition) is 1. The van der Waals surface area contributed by atoms with Crippen molar-refractivity contribution in [1.29, 1.82) is 0 Å². The Hall–Kier alpha value is -0.0400. The van der Waals surface area contributed by atoms with Gasteiger partial charge in [0.1, 0.15) is 0 Å². The molecule has 88 valence electrons. The van der Waals surface area contributed by atoms with E-state index in [9.17, 15) is 0 Å². The minimum atomic E-state index is 0.850. The van der Waals surface area contributed by atoms with E-state index in [0.717, 1.165) is 30.3 Å². The van der Waals surface area contributed by atoms with Gasteiger partial charge in [-0.15, -0.1) is 0 Å². The molecule has 0 amide bonds. The molecule has 1 nitrogen and oxygen atoms in total. The molecule has 2 saturated carbocycles. The molecule has 0 heterocycles. The summed E-state index contributed by atoms with van der Waals surface area (Å²) in [6, 6.07) is 0.850. The second-order valence-electron chi connectivity index (χ2n) is 5.52. The second-order valence-corrected chi connectivity index (χ2v) is 5.52. The summed E-state index contributed by atoms with van der Waals surface area (Å²) in [6.45, 7) is 5.80. The van der Waals surface area contributed by atoms with Gasteiger partial charge in [-0.2, -0.15) is 0 Å². The summed E-state index contributed by atoms with van der Waals surface area (Å²) in [5, 5.41) is 3.73. The molecular formula is C14H27N. The summed E-state index contributed by atoms with van der Waals surface area (Å²) < 4.78 is 0. The van der Waals surface area contributed by atoms with Crippen molar-refractivity contribution in [2.75, 3.05) is 6.54 Å². The maximum absolute atomic E-state index is 3.73. The third-order valence-corrected chi connectivity index (χ3v) is 4.84. The van der Waals surface area contributed by atoms with Crippen molar-refractivity contribution in [1.82, 2.24) is 5.32 Å². The van der Waals surface area contributed by atoms with E-state index >= 15 is 0 Å². The van der Waals surface area contributed by atoms with Crippen LogP contribution in [0.4, 0.5) is 0 Å². The largest absolute Gasteiger partial charge is 0.314 e. The fourth-order valence-electron chi connectivity index (χ4n) is 4.12. The molecule has 0 bridgehead atoms. The monoisotopic (exact) mass is 209 g/mol. The van der Waals surface area contributed by atoms with Crippen LogP contribution >= 0.6 is 0 Å². The van der Waals surface area contributed by atoms with Gasteiger partial charge in [-0.05, 0) is 50.0 Å². The third kappa shape index (κ3) is 2.38. The molecular weight excluding hydrogens is 182 g/mol. The Morgan fingerprint density at radius 3 is 2.33 bits per heavy atom. The van der Waals surface area contributed by atoms with E-state index in [1.165, 1.54) is 44.9 Å². The first kappa shape index (κ1) is 11.4. The molecule has 1 heteroatoms. The minimum absolute atomic E-state index is 0.850. The van der Waals surface area contributed by atoms with E-state index in [2.05, 4.69) is 19.2 Å². The van der Waals surface area contributed by atoms with Gasteiger partial charge < -0.3 is 5.32 Å². The van der Waals surface area contributed by atoms with E-state index in [1.807, 2.05) is 0 Å². The number of hydrogen-bond acceptors (Lipinski definition) is 1. The highest BCUT2D eigenvalue weighted by Crippen LogP contribution is 2.44. The maximum atomic E-state index is 3.73. The molecule has 2 fully saturated rings. The van der Waals surface area contributed by atoms with Crippen LogP contribution in [0.1, 0.15) is 58.8 Å². The Kier molecular flexibility index (Phi) is 4.07. The average Bonchev–Trinajstić information content (AvgIpc) is 2.30. The first-order valence-corrected chi connectivity index (χ1v) is 7.10. The van der Waals surface area contributed by atoms with Gasteiger partial charge in [-0.25, -0.2) is 0 Å². The first-order chi connectivity index (χ1) is 7.36. The van der Waals surface area contributed by atoms with Crippen LogP contribution in [0.25, 0.3) is 0 Å². The van der Waals surface area contributed by atoms with Gasteiger partial charge in [0.25, 0.3) is 0 Å². The lowest BCUT2D eigenvalue weighted by molar-refractivity contribution is 0.0686. The Balaban J connectivity index is 2.01. The zero-order chi connectivity index (χ0) is 10.7. The molecule has 2 aliphatic rings. The topological polar surface area (TPSA) is 12.0 Å².